The maximum atomic E-state index is 9.45. The van der Waals surface area contributed by atoms with Gasteiger partial charge in [-0.25, -0.2) is 0 Å². The first-order valence-corrected chi connectivity index (χ1v) is 4.79. The van der Waals surface area contributed by atoms with Gasteiger partial charge in [-0.3, -0.25) is 0 Å². The zero-order valence-corrected chi connectivity index (χ0v) is 7.49. The Bertz CT molecular complexity index is 159. The van der Waals surface area contributed by atoms with Gasteiger partial charge in [-0.1, -0.05) is 0 Å². The van der Waals surface area contributed by atoms with Crippen molar-refractivity contribution in [3.63, 3.8) is 0 Å². The van der Waals surface area contributed by atoms with Crippen molar-refractivity contribution in [2.45, 2.75) is 38.0 Å². The average Bonchev–Trinajstić information content (AvgIpc) is 2.80. The van der Waals surface area contributed by atoms with E-state index < -0.39 is 0 Å². The molecule has 2 rings (SSSR count). The van der Waals surface area contributed by atoms with Gasteiger partial charge in [-0.2, -0.15) is 0 Å². The second kappa shape index (κ2) is 3.32. The molecular formula is C9H17NO2. The summed E-state index contributed by atoms with van der Waals surface area (Å²) < 4.78 is 5.16. The predicted molar refractivity (Wildman–Crippen MR) is 45.9 cm³/mol. The fourth-order valence-corrected chi connectivity index (χ4v) is 1.77. The highest BCUT2D eigenvalue weighted by molar-refractivity contribution is 4.89. The second-order valence-electron chi connectivity index (χ2n) is 4.00. The van der Waals surface area contributed by atoms with Crippen LogP contribution in [0.15, 0.2) is 0 Å². The third-order valence-corrected chi connectivity index (χ3v) is 2.86. The highest BCUT2D eigenvalue weighted by atomic mass is 16.5. The van der Waals surface area contributed by atoms with Crippen LogP contribution in [0.4, 0.5) is 0 Å². The van der Waals surface area contributed by atoms with E-state index in [0.29, 0.717) is 19.3 Å². The molecule has 0 amide bonds. The molecule has 3 atom stereocenters. The van der Waals surface area contributed by atoms with Crippen molar-refractivity contribution in [2.75, 3.05) is 13.2 Å². The zero-order chi connectivity index (χ0) is 8.55. The minimum absolute atomic E-state index is 0.167. The van der Waals surface area contributed by atoms with Crippen LogP contribution in [0, 0.1) is 5.92 Å². The van der Waals surface area contributed by atoms with E-state index in [2.05, 4.69) is 12.2 Å². The Morgan fingerprint density at radius 2 is 2.17 bits per heavy atom. The Morgan fingerprint density at radius 3 is 2.67 bits per heavy atom. The molecule has 3 nitrogen and oxygen atoms in total. The van der Waals surface area contributed by atoms with Crippen LogP contribution in [-0.2, 0) is 4.74 Å². The van der Waals surface area contributed by atoms with Gasteiger partial charge in [0.25, 0.3) is 0 Å². The summed E-state index contributed by atoms with van der Waals surface area (Å²) in [7, 11) is 0. The highest BCUT2D eigenvalue weighted by Crippen LogP contribution is 2.32. The van der Waals surface area contributed by atoms with Crippen molar-refractivity contribution in [3.05, 3.63) is 0 Å². The first-order valence-electron chi connectivity index (χ1n) is 4.79. The summed E-state index contributed by atoms with van der Waals surface area (Å²) in [5, 5.41) is 12.9. The summed E-state index contributed by atoms with van der Waals surface area (Å²) in [4.78, 5) is 0. The largest absolute Gasteiger partial charge is 0.389 e. The lowest BCUT2D eigenvalue weighted by Gasteiger charge is -2.20. The van der Waals surface area contributed by atoms with Crippen molar-refractivity contribution in [1.29, 1.82) is 0 Å². The standard InChI is InChI=1S/C9H17NO2/c1-6(7-2-3-7)10-8-4-12-5-9(8)11/h6-11H,2-5H2,1H3. The molecule has 1 aliphatic heterocycles. The third-order valence-electron chi connectivity index (χ3n) is 2.86. The van der Waals surface area contributed by atoms with Crippen LogP contribution in [-0.4, -0.2) is 36.5 Å². The van der Waals surface area contributed by atoms with Gasteiger partial charge in [0.15, 0.2) is 0 Å². The van der Waals surface area contributed by atoms with Gasteiger partial charge in [0.2, 0.25) is 0 Å². The van der Waals surface area contributed by atoms with Gasteiger partial charge in [0.05, 0.1) is 25.4 Å². The Labute approximate surface area is 73.1 Å². The lowest BCUT2D eigenvalue weighted by atomic mass is 10.1. The van der Waals surface area contributed by atoms with E-state index in [0.717, 1.165) is 5.92 Å². The Balaban J connectivity index is 1.76. The molecule has 2 aliphatic rings. The first kappa shape index (κ1) is 8.48. The van der Waals surface area contributed by atoms with E-state index >= 15 is 0 Å². The molecule has 0 spiro atoms. The van der Waals surface area contributed by atoms with E-state index in [-0.39, 0.29) is 12.1 Å². The Kier molecular flexibility index (Phi) is 2.35. The van der Waals surface area contributed by atoms with Gasteiger partial charge in [0.1, 0.15) is 0 Å². The smallest absolute Gasteiger partial charge is 0.0948 e. The summed E-state index contributed by atoms with van der Waals surface area (Å²) in [6, 6.07) is 0.715. The van der Waals surface area contributed by atoms with Gasteiger partial charge in [-0.05, 0) is 25.7 Å². The number of aliphatic hydroxyl groups excluding tert-OH is 1. The number of hydrogen-bond acceptors (Lipinski definition) is 3. The average molecular weight is 171 g/mol. The number of rotatable bonds is 3. The molecule has 0 aromatic heterocycles. The maximum absolute atomic E-state index is 9.45. The lowest BCUT2D eigenvalue weighted by molar-refractivity contribution is 0.121. The van der Waals surface area contributed by atoms with Gasteiger partial charge < -0.3 is 15.2 Å². The molecule has 0 radical (unpaired) electrons. The molecule has 2 N–H and O–H groups in total. The van der Waals surface area contributed by atoms with Gasteiger partial charge in [-0.15, -0.1) is 0 Å². The molecule has 3 heteroatoms. The van der Waals surface area contributed by atoms with E-state index in [9.17, 15) is 5.11 Å². The van der Waals surface area contributed by atoms with Crippen molar-refractivity contribution in [3.8, 4) is 0 Å². The minimum Gasteiger partial charge on any atom is -0.389 e. The fourth-order valence-electron chi connectivity index (χ4n) is 1.77. The molecule has 3 unspecified atom stereocenters. The summed E-state index contributed by atoms with van der Waals surface area (Å²) >= 11 is 0. The van der Waals surface area contributed by atoms with Crippen LogP contribution in [0.2, 0.25) is 0 Å². The molecule has 0 bridgehead atoms. The van der Waals surface area contributed by atoms with E-state index in [4.69, 9.17) is 4.74 Å². The molecule has 1 aliphatic carbocycles. The molecule has 0 aromatic rings. The van der Waals surface area contributed by atoms with Crippen molar-refractivity contribution >= 4 is 0 Å². The molecule has 70 valence electrons. The Morgan fingerprint density at radius 1 is 1.42 bits per heavy atom. The van der Waals surface area contributed by atoms with Crippen molar-refractivity contribution < 1.29 is 9.84 Å². The summed E-state index contributed by atoms with van der Waals surface area (Å²) in [5.74, 6) is 0.845. The number of nitrogens with one attached hydrogen (secondary N) is 1. The van der Waals surface area contributed by atoms with Crippen molar-refractivity contribution in [2.24, 2.45) is 5.92 Å². The summed E-state index contributed by atoms with van der Waals surface area (Å²) in [6.07, 6.45) is 2.39. The number of ether oxygens (including phenoxy) is 1. The molecule has 2 fully saturated rings. The Hall–Kier alpha value is -0.120. The predicted octanol–water partition coefficient (Wildman–Crippen LogP) is 0.134. The number of hydrogen-bond donors (Lipinski definition) is 2. The van der Waals surface area contributed by atoms with Crippen LogP contribution < -0.4 is 5.32 Å². The van der Waals surface area contributed by atoms with Crippen LogP contribution >= 0.6 is 0 Å². The minimum atomic E-state index is -0.300. The fraction of sp³-hybridized carbons (Fsp3) is 1.00. The second-order valence-corrected chi connectivity index (χ2v) is 4.00. The normalized spacial score (nSPS) is 38.5. The van der Waals surface area contributed by atoms with E-state index in [1.807, 2.05) is 0 Å². The summed E-state index contributed by atoms with van der Waals surface area (Å²) in [5.41, 5.74) is 0. The SMILES string of the molecule is CC(NC1COCC1O)C1CC1. The molecular weight excluding hydrogens is 154 g/mol. The third kappa shape index (κ3) is 1.79. The van der Waals surface area contributed by atoms with Crippen LogP contribution in [0.5, 0.6) is 0 Å². The van der Waals surface area contributed by atoms with Gasteiger partial charge >= 0.3 is 0 Å². The van der Waals surface area contributed by atoms with Crippen LogP contribution in [0.3, 0.4) is 0 Å². The highest BCUT2D eigenvalue weighted by Gasteiger charge is 2.33. The molecule has 12 heavy (non-hydrogen) atoms. The quantitative estimate of drug-likeness (QED) is 0.634. The molecule has 1 heterocycles. The monoisotopic (exact) mass is 171 g/mol. The lowest BCUT2D eigenvalue weighted by Crippen LogP contribution is -2.44. The van der Waals surface area contributed by atoms with Crippen molar-refractivity contribution in [1.82, 2.24) is 5.32 Å². The molecule has 0 aromatic carbocycles. The van der Waals surface area contributed by atoms with Crippen LogP contribution in [0.1, 0.15) is 19.8 Å². The zero-order valence-electron chi connectivity index (χ0n) is 7.49. The van der Waals surface area contributed by atoms with Gasteiger partial charge in [0, 0.05) is 6.04 Å². The van der Waals surface area contributed by atoms with Crippen LogP contribution in [0.25, 0.3) is 0 Å². The first-order chi connectivity index (χ1) is 5.77. The number of aliphatic hydroxyl groups is 1. The molecule has 1 saturated carbocycles. The van der Waals surface area contributed by atoms with E-state index in [1.165, 1.54) is 12.8 Å². The topological polar surface area (TPSA) is 41.5 Å². The summed E-state index contributed by atoms with van der Waals surface area (Å²) in [6.45, 7) is 3.36. The maximum Gasteiger partial charge on any atom is 0.0948 e. The molecule has 1 saturated heterocycles. The van der Waals surface area contributed by atoms with E-state index in [1.54, 1.807) is 0 Å².